The van der Waals surface area contributed by atoms with Crippen molar-refractivity contribution < 1.29 is 22.7 Å². The number of fused-ring (bicyclic) bond motifs is 1. The predicted molar refractivity (Wildman–Crippen MR) is 127 cm³/mol. The average Bonchev–Trinajstić information content (AvgIpc) is 2.82. The third kappa shape index (κ3) is 4.82. The Bertz CT molecular complexity index is 1160. The molecule has 1 amide bonds. The van der Waals surface area contributed by atoms with Crippen molar-refractivity contribution in [3.63, 3.8) is 0 Å². The number of anilines is 1. The number of rotatable bonds is 4. The molecule has 1 aromatic heterocycles. The first-order chi connectivity index (χ1) is 17.2. The van der Waals surface area contributed by atoms with E-state index in [9.17, 15) is 22.8 Å². The number of carbonyl (C=O) groups excluding carboxylic acids is 1. The maximum Gasteiger partial charge on any atom is 0.410 e. The standard InChI is InChI=1S/C26H31F3N4O3/c27-26(28,29)18-9-11-19(12-10-18)36-25(35)32-14-13-20-21(15-32)31-24(30)33(23(20)34)22(17-7-4-8-17)16-5-2-1-3-6-16/h1-3,5-6,17-19,22H,4,7-15H2,(H2,30,31)/t18-,19-,22?. The molecule has 1 aliphatic heterocycles. The molecule has 2 saturated carbocycles. The third-order valence-electron chi connectivity index (χ3n) is 7.97. The first-order valence-corrected chi connectivity index (χ1v) is 12.7. The van der Waals surface area contributed by atoms with Crippen LogP contribution in [0.2, 0.25) is 0 Å². The maximum absolute atomic E-state index is 13.6. The number of nitrogen functional groups attached to an aromatic ring is 1. The van der Waals surface area contributed by atoms with Gasteiger partial charge in [0, 0.05) is 12.1 Å². The van der Waals surface area contributed by atoms with Crippen LogP contribution >= 0.6 is 0 Å². The quantitative estimate of drug-likeness (QED) is 0.644. The van der Waals surface area contributed by atoms with Crippen molar-refractivity contribution in [2.75, 3.05) is 12.3 Å². The van der Waals surface area contributed by atoms with E-state index in [0.717, 1.165) is 24.8 Å². The highest BCUT2D eigenvalue weighted by atomic mass is 19.4. The number of benzene rings is 1. The Kier molecular flexibility index (Phi) is 6.70. The van der Waals surface area contributed by atoms with Crippen molar-refractivity contribution in [2.45, 2.75) is 76.2 Å². The van der Waals surface area contributed by atoms with Crippen molar-refractivity contribution in [3.8, 4) is 0 Å². The Morgan fingerprint density at radius 2 is 1.78 bits per heavy atom. The predicted octanol–water partition coefficient (Wildman–Crippen LogP) is 4.83. The lowest BCUT2D eigenvalue weighted by Crippen LogP contribution is -2.44. The van der Waals surface area contributed by atoms with E-state index in [1.165, 1.54) is 4.90 Å². The van der Waals surface area contributed by atoms with Crippen LogP contribution in [0.1, 0.15) is 67.8 Å². The lowest BCUT2D eigenvalue weighted by Gasteiger charge is -2.37. The van der Waals surface area contributed by atoms with Crippen LogP contribution in [-0.2, 0) is 17.7 Å². The fourth-order valence-corrected chi connectivity index (χ4v) is 5.71. The van der Waals surface area contributed by atoms with Gasteiger partial charge in [0.05, 0.1) is 24.2 Å². The van der Waals surface area contributed by atoms with Gasteiger partial charge in [0.15, 0.2) is 0 Å². The number of hydrogen-bond acceptors (Lipinski definition) is 5. The largest absolute Gasteiger partial charge is 0.446 e. The Balaban J connectivity index is 1.31. The molecule has 3 aliphatic rings. The highest BCUT2D eigenvalue weighted by molar-refractivity contribution is 5.68. The van der Waals surface area contributed by atoms with Gasteiger partial charge in [0.25, 0.3) is 5.56 Å². The summed E-state index contributed by atoms with van der Waals surface area (Å²) < 4.78 is 45.9. The summed E-state index contributed by atoms with van der Waals surface area (Å²) in [4.78, 5) is 32.4. The van der Waals surface area contributed by atoms with E-state index < -0.39 is 24.3 Å². The zero-order valence-electron chi connectivity index (χ0n) is 20.0. The molecule has 2 aromatic rings. The molecule has 1 aromatic carbocycles. The number of amides is 1. The van der Waals surface area contributed by atoms with E-state index in [1.807, 2.05) is 30.3 Å². The summed E-state index contributed by atoms with van der Waals surface area (Å²) in [6.07, 6.45) is -1.52. The topological polar surface area (TPSA) is 90.5 Å². The van der Waals surface area contributed by atoms with Gasteiger partial charge in [0.2, 0.25) is 5.95 Å². The van der Waals surface area contributed by atoms with Gasteiger partial charge in [-0.1, -0.05) is 36.8 Å². The van der Waals surface area contributed by atoms with Gasteiger partial charge < -0.3 is 15.4 Å². The number of carbonyl (C=O) groups is 1. The lowest BCUT2D eigenvalue weighted by molar-refractivity contribution is -0.186. The minimum absolute atomic E-state index is 0.0362. The van der Waals surface area contributed by atoms with Crippen LogP contribution in [0, 0.1) is 11.8 Å². The zero-order chi connectivity index (χ0) is 25.4. The molecule has 194 valence electrons. The number of ether oxygens (including phenoxy) is 1. The molecular weight excluding hydrogens is 473 g/mol. The normalized spacial score (nSPS) is 23.5. The summed E-state index contributed by atoms with van der Waals surface area (Å²) in [7, 11) is 0. The van der Waals surface area contributed by atoms with Crippen molar-refractivity contribution in [3.05, 3.63) is 57.5 Å². The smallest absolute Gasteiger partial charge is 0.410 e. The van der Waals surface area contributed by atoms with E-state index in [1.54, 1.807) is 4.57 Å². The summed E-state index contributed by atoms with van der Waals surface area (Å²) in [5, 5.41) is 0. The SMILES string of the molecule is Nc1nc2c(c(=O)n1C(c1ccccc1)C1CCC1)CCN(C(=O)O[C@H]1CC[C@H](C(F)(F)F)CC1)C2. The Morgan fingerprint density at radius 3 is 2.39 bits per heavy atom. The van der Waals surface area contributed by atoms with E-state index >= 15 is 0 Å². The lowest BCUT2D eigenvalue weighted by atomic mass is 9.77. The average molecular weight is 505 g/mol. The third-order valence-corrected chi connectivity index (χ3v) is 7.97. The van der Waals surface area contributed by atoms with Crippen LogP contribution in [0.5, 0.6) is 0 Å². The Hall–Kier alpha value is -3.04. The summed E-state index contributed by atoms with van der Waals surface area (Å²) in [5.74, 6) is -0.891. The molecule has 2 N–H and O–H groups in total. The van der Waals surface area contributed by atoms with Crippen molar-refractivity contribution in [1.29, 1.82) is 0 Å². The maximum atomic E-state index is 13.6. The highest BCUT2D eigenvalue weighted by Crippen LogP contribution is 2.41. The van der Waals surface area contributed by atoms with Gasteiger partial charge in [-0.3, -0.25) is 9.36 Å². The molecule has 2 fully saturated rings. The number of hydrogen-bond donors (Lipinski definition) is 1. The molecule has 1 atom stereocenters. The molecular formula is C26H31F3N4O3. The first kappa shape index (κ1) is 24.6. The van der Waals surface area contributed by atoms with E-state index in [2.05, 4.69) is 4.98 Å². The minimum atomic E-state index is -4.21. The summed E-state index contributed by atoms with van der Waals surface area (Å²) >= 11 is 0. The van der Waals surface area contributed by atoms with Gasteiger partial charge in [0.1, 0.15) is 6.10 Å². The van der Waals surface area contributed by atoms with Gasteiger partial charge >= 0.3 is 12.3 Å². The summed E-state index contributed by atoms with van der Waals surface area (Å²) in [6, 6.07) is 9.68. The molecule has 7 nitrogen and oxygen atoms in total. The van der Waals surface area contributed by atoms with Crippen LogP contribution in [0.4, 0.5) is 23.9 Å². The van der Waals surface area contributed by atoms with Gasteiger partial charge in [-0.15, -0.1) is 0 Å². The Morgan fingerprint density at radius 1 is 1.08 bits per heavy atom. The van der Waals surface area contributed by atoms with Crippen LogP contribution in [0.15, 0.2) is 35.1 Å². The monoisotopic (exact) mass is 504 g/mol. The number of halogens is 3. The number of nitrogens with zero attached hydrogens (tertiary/aromatic N) is 3. The molecule has 1 unspecified atom stereocenters. The van der Waals surface area contributed by atoms with Gasteiger partial charge in [-0.2, -0.15) is 13.2 Å². The molecule has 0 saturated heterocycles. The van der Waals surface area contributed by atoms with E-state index in [4.69, 9.17) is 10.5 Å². The fourth-order valence-electron chi connectivity index (χ4n) is 5.71. The number of aromatic nitrogens is 2. The molecule has 0 spiro atoms. The van der Waals surface area contributed by atoms with Crippen molar-refractivity contribution >= 4 is 12.0 Å². The molecule has 10 heteroatoms. The molecule has 36 heavy (non-hydrogen) atoms. The van der Waals surface area contributed by atoms with Gasteiger partial charge in [-0.25, -0.2) is 9.78 Å². The van der Waals surface area contributed by atoms with Crippen LogP contribution in [-0.4, -0.2) is 39.4 Å². The second kappa shape index (κ2) is 9.78. The highest BCUT2D eigenvalue weighted by Gasteiger charge is 2.42. The first-order valence-electron chi connectivity index (χ1n) is 12.7. The molecule has 0 bridgehead atoms. The van der Waals surface area contributed by atoms with Gasteiger partial charge in [-0.05, 0) is 56.4 Å². The second-order valence-electron chi connectivity index (χ2n) is 10.2. The fraction of sp³-hybridized carbons (Fsp3) is 0.577. The van der Waals surface area contributed by atoms with E-state index in [-0.39, 0.29) is 56.3 Å². The minimum Gasteiger partial charge on any atom is -0.446 e. The molecule has 5 rings (SSSR count). The van der Waals surface area contributed by atoms with Crippen molar-refractivity contribution in [2.24, 2.45) is 11.8 Å². The van der Waals surface area contributed by atoms with Crippen LogP contribution in [0.3, 0.4) is 0 Å². The van der Waals surface area contributed by atoms with Crippen molar-refractivity contribution in [1.82, 2.24) is 14.5 Å². The Labute approximate surface area is 207 Å². The molecule has 2 aliphatic carbocycles. The van der Waals surface area contributed by atoms with Crippen LogP contribution in [0.25, 0.3) is 0 Å². The molecule has 0 radical (unpaired) electrons. The summed E-state index contributed by atoms with van der Waals surface area (Å²) in [6.45, 7) is 0.371. The molecule has 2 heterocycles. The number of nitrogens with two attached hydrogens (primary N) is 1. The number of alkyl halides is 3. The van der Waals surface area contributed by atoms with E-state index in [0.29, 0.717) is 23.6 Å². The zero-order valence-corrected chi connectivity index (χ0v) is 20.0. The second-order valence-corrected chi connectivity index (χ2v) is 10.2. The summed E-state index contributed by atoms with van der Waals surface area (Å²) in [5.41, 5.74) is 8.21. The van der Waals surface area contributed by atoms with Crippen LogP contribution < -0.4 is 11.3 Å².